The number of ether oxygens (including phenoxy) is 2. The first-order chi connectivity index (χ1) is 9.69. The summed E-state index contributed by atoms with van der Waals surface area (Å²) in [4.78, 5) is 14.2. The summed E-state index contributed by atoms with van der Waals surface area (Å²) in [5, 5.41) is 4.06. The Morgan fingerprint density at radius 3 is 2.70 bits per heavy atom. The highest BCUT2D eigenvalue weighted by Crippen LogP contribution is 2.37. The third-order valence-corrected chi connectivity index (χ3v) is 5.14. The van der Waals surface area contributed by atoms with Gasteiger partial charge in [-0.2, -0.15) is 11.3 Å². The number of hydrogen-bond donors (Lipinski definition) is 0. The first-order valence-corrected chi connectivity index (χ1v) is 8.17. The molecule has 1 amide bonds. The summed E-state index contributed by atoms with van der Waals surface area (Å²) in [6.45, 7) is 1.41. The number of rotatable bonds is 3. The zero-order valence-electron chi connectivity index (χ0n) is 11.8. The molecule has 0 radical (unpaired) electrons. The molecule has 2 aliphatic rings. The molecular formula is C15H21NO3S. The molecule has 4 nitrogen and oxygen atoms in total. The maximum Gasteiger partial charge on any atom is 0.227 e. The maximum atomic E-state index is 12.3. The number of carbonyl (C=O) groups excluding carboxylic acids is 1. The van der Waals surface area contributed by atoms with Crippen molar-refractivity contribution in [2.45, 2.75) is 43.9 Å². The standard InChI is InChI=1S/C15H21NO3S/c1-16(14(17)10-12-4-9-20-11-12)13-2-5-15(6-3-13)18-7-8-19-15/h4,9,11,13H,2-3,5-8,10H2,1H3. The van der Waals surface area contributed by atoms with Crippen LogP contribution in [-0.4, -0.2) is 42.9 Å². The van der Waals surface area contributed by atoms with E-state index >= 15 is 0 Å². The summed E-state index contributed by atoms with van der Waals surface area (Å²) < 4.78 is 11.5. The highest BCUT2D eigenvalue weighted by molar-refractivity contribution is 7.07. The van der Waals surface area contributed by atoms with Gasteiger partial charge in [-0.3, -0.25) is 4.79 Å². The van der Waals surface area contributed by atoms with Gasteiger partial charge in [-0.15, -0.1) is 0 Å². The fraction of sp³-hybridized carbons (Fsp3) is 0.667. The van der Waals surface area contributed by atoms with Crippen LogP contribution in [-0.2, 0) is 20.7 Å². The van der Waals surface area contributed by atoms with Crippen molar-refractivity contribution in [2.24, 2.45) is 0 Å². The molecule has 5 heteroatoms. The third-order valence-electron chi connectivity index (χ3n) is 4.41. The van der Waals surface area contributed by atoms with Gasteiger partial charge in [0.15, 0.2) is 5.79 Å². The van der Waals surface area contributed by atoms with Gasteiger partial charge in [-0.1, -0.05) is 0 Å². The van der Waals surface area contributed by atoms with Gasteiger partial charge in [0.1, 0.15) is 0 Å². The molecule has 1 aromatic heterocycles. The van der Waals surface area contributed by atoms with Crippen molar-refractivity contribution >= 4 is 17.2 Å². The quantitative estimate of drug-likeness (QED) is 0.859. The summed E-state index contributed by atoms with van der Waals surface area (Å²) >= 11 is 1.64. The second-order valence-corrected chi connectivity index (χ2v) is 6.43. The fourth-order valence-corrected chi connectivity index (χ4v) is 3.78. The highest BCUT2D eigenvalue weighted by Gasteiger charge is 2.41. The van der Waals surface area contributed by atoms with Gasteiger partial charge >= 0.3 is 0 Å². The average Bonchev–Trinajstić information content (AvgIpc) is 3.11. The van der Waals surface area contributed by atoms with E-state index in [0.29, 0.717) is 25.7 Å². The minimum atomic E-state index is -0.340. The minimum Gasteiger partial charge on any atom is -0.348 e. The molecular weight excluding hydrogens is 274 g/mol. The zero-order valence-corrected chi connectivity index (χ0v) is 12.7. The van der Waals surface area contributed by atoms with Gasteiger partial charge in [0.25, 0.3) is 0 Å². The Morgan fingerprint density at radius 2 is 2.10 bits per heavy atom. The number of carbonyl (C=O) groups is 1. The Bertz CT molecular complexity index is 444. The summed E-state index contributed by atoms with van der Waals surface area (Å²) in [6.07, 6.45) is 4.23. The van der Waals surface area contributed by atoms with Crippen LogP contribution in [0.2, 0.25) is 0 Å². The molecule has 110 valence electrons. The normalized spacial score (nSPS) is 22.2. The molecule has 2 heterocycles. The smallest absolute Gasteiger partial charge is 0.227 e. The largest absolute Gasteiger partial charge is 0.348 e. The minimum absolute atomic E-state index is 0.206. The second-order valence-electron chi connectivity index (χ2n) is 5.65. The summed E-state index contributed by atoms with van der Waals surface area (Å²) in [5.74, 6) is -0.133. The summed E-state index contributed by atoms with van der Waals surface area (Å²) in [5.41, 5.74) is 1.11. The van der Waals surface area contributed by atoms with E-state index in [2.05, 4.69) is 0 Å². The molecule has 0 bridgehead atoms. The van der Waals surface area contributed by atoms with Gasteiger partial charge in [0.05, 0.1) is 19.6 Å². The Hall–Kier alpha value is -0.910. The van der Waals surface area contributed by atoms with E-state index in [-0.39, 0.29) is 11.7 Å². The highest BCUT2D eigenvalue weighted by atomic mass is 32.1. The third kappa shape index (κ3) is 2.90. The molecule has 1 saturated heterocycles. The molecule has 0 unspecified atom stereocenters. The van der Waals surface area contributed by atoms with Crippen molar-refractivity contribution in [3.8, 4) is 0 Å². The predicted octanol–water partition coefficient (Wildman–Crippen LogP) is 2.43. The van der Waals surface area contributed by atoms with E-state index in [1.165, 1.54) is 0 Å². The molecule has 0 atom stereocenters. The van der Waals surface area contributed by atoms with Gasteiger partial charge in [-0.05, 0) is 35.2 Å². The molecule has 1 aliphatic carbocycles. The first-order valence-electron chi connectivity index (χ1n) is 7.23. The Labute approximate surface area is 123 Å². The predicted molar refractivity (Wildman–Crippen MR) is 77.7 cm³/mol. The Morgan fingerprint density at radius 1 is 1.40 bits per heavy atom. The zero-order chi connectivity index (χ0) is 14.0. The number of thiophene rings is 1. The van der Waals surface area contributed by atoms with Crippen molar-refractivity contribution in [2.75, 3.05) is 20.3 Å². The van der Waals surface area contributed by atoms with Crippen LogP contribution in [0, 0.1) is 0 Å². The lowest BCUT2D eigenvalue weighted by Crippen LogP contribution is -2.45. The van der Waals surface area contributed by atoms with E-state index in [1.807, 2.05) is 28.8 Å². The SMILES string of the molecule is CN(C(=O)Cc1ccsc1)C1CCC2(CC1)OCCO2. The Balaban J connectivity index is 1.53. The van der Waals surface area contributed by atoms with Crippen molar-refractivity contribution in [3.63, 3.8) is 0 Å². The summed E-state index contributed by atoms with van der Waals surface area (Å²) in [7, 11) is 1.92. The first kappa shape index (κ1) is 14.0. The molecule has 0 aromatic carbocycles. The van der Waals surface area contributed by atoms with Crippen molar-refractivity contribution in [1.82, 2.24) is 4.90 Å². The lowest BCUT2D eigenvalue weighted by atomic mass is 9.89. The molecule has 1 aliphatic heterocycles. The van der Waals surface area contributed by atoms with Crippen LogP contribution in [0.25, 0.3) is 0 Å². The topological polar surface area (TPSA) is 38.8 Å². The number of hydrogen-bond acceptors (Lipinski definition) is 4. The lowest BCUT2D eigenvalue weighted by Gasteiger charge is -2.39. The molecule has 1 spiro atoms. The lowest BCUT2D eigenvalue weighted by molar-refractivity contribution is -0.184. The molecule has 0 N–H and O–H groups in total. The molecule has 1 saturated carbocycles. The van der Waals surface area contributed by atoms with Crippen LogP contribution in [0.5, 0.6) is 0 Å². The van der Waals surface area contributed by atoms with Crippen LogP contribution in [0.3, 0.4) is 0 Å². The maximum absolute atomic E-state index is 12.3. The van der Waals surface area contributed by atoms with Gasteiger partial charge in [-0.25, -0.2) is 0 Å². The van der Waals surface area contributed by atoms with Crippen molar-refractivity contribution < 1.29 is 14.3 Å². The number of amides is 1. The van der Waals surface area contributed by atoms with E-state index in [4.69, 9.17) is 9.47 Å². The monoisotopic (exact) mass is 295 g/mol. The van der Waals surface area contributed by atoms with E-state index in [0.717, 1.165) is 31.2 Å². The molecule has 2 fully saturated rings. The second kappa shape index (κ2) is 5.84. The number of nitrogens with zero attached hydrogens (tertiary/aromatic N) is 1. The van der Waals surface area contributed by atoms with Crippen LogP contribution < -0.4 is 0 Å². The number of likely N-dealkylation sites (N-methyl/N-ethyl adjacent to an activating group) is 1. The molecule has 3 rings (SSSR count). The van der Waals surface area contributed by atoms with Gasteiger partial charge in [0, 0.05) is 25.9 Å². The van der Waals surface area contributed by atoms with Gasteiger partial charge in [0.2, 0.25) is 5.91 Å². The van der Waals surface area contributed by atoms with E-state index in [1.54, 1.807) is 11.3 Å². The van der Waals surface area contributed by atoms with Crippen molar-refractivity contribution in [1.29, 1.82) is 0 Å². The van der Waals surface area contributed by atoms with Crippen LogP contribution in [0.1, 0.15) is 31.2 Å². The Kier molecular flexibility index (Phi) is 4.10. The van der Waals surface area contributed by atoms with Crippen LogP contribution >= 0.6 is 11.3 Å². The van der Waals surface area contributed by atoms with Crippen molar-refractivity contribution in [3.05, 3.63) is 22.4 Å². The molecule has 20 heavy (non-hydrogen) atoms. The van der Waals surface area contributed by atoms with Gasteiger partial charge < -0.3 is 14.4 Å². The summed E-state index contributed by atoms with van der Waals surface area (Å²) in [6, 6.07) is 2.34. The van der Waals surface area contributed by atoms with Crippen LogP contribution in [0.15, 0.2) is 16.8 Å². The van der Waals surface area contributed by atoms with Crippen LogP contribution in [0.4, 0.5) is 0 Å². The van der Waals surface area contributed by atoms with E-state index in [9.17, 15) is 4.79 Å². The molecule has 1 aromatic rings. The average molecular weight is 295 g/mol. The fourth-order valence-electron chi connectivity index (χ4n) is 3.11. The van der Waals surface area contributed by atoms with E-state index < -0.39 is 0 Å².